The van der Waals surface area contributed by atoms with Crippen molar-refractivity contribution in [3.05, 3.63) is 17.8 Å². The van der Waals surface area contributed by atoms with Gasteiger partial charge < -0.3 is 5.32 Å². The largest absolute Gasteiger partial charge is 0.367 e. The first-order chi connectivity index (χ1) is 7.93. The van der Waals surface area contributed by atoms with E-state index < -0.39 is 0 Å². The van der Waals surface area contributed by atoms with Crippen LogP contribution in [0.15, 0.2) is 6.33 Å². The summed E-state index contributed by atoms with van der Waals surface area (Å²) in [5.74, 6) is 1.59. The molecule has 0 saturated heterocycles. The van der Waals surface area contributed by atoms with E-state index in [1.54, 1.807) is 6.92 Å². The molecule has 0 aliphatic rings. The molecule has 1 N–H and O–H groups in total. The smallest absolute Gasteiger partial charge is 0.186 e. The van der Waals surface area contributed by atoms with Crippen LogP contribution in [-0.4, -0.2) is 16.5 Å². The number of hydrogen-bond donors (Lipinski definition) is 1. The van der Waals surface area contributed by atoms with E-state index in [-0.39, 0.29) is 5.82 Å². The molecule has 1 aromatic rings. The van der Waals surface area contributed by atoms with Crippen LogP contribution in [0.5, 0.6) is 0 Å². The zero-order valence-corrected chi connectivity index (χ0v) is 11.3. The molecule has 1 heterocycles. The van der Waals surface area contributed by atoms with E-state index in [0.29, 0.717) is 29.3 Å². The maximum absolute atomic E-state index is 13.7. The average molecular weight is 239 g/mol. The highest BCUT2D eigenvalue weighted by Gasteiger charge is 2.18. The van der Waals surface area contributed by atoms with Gasteiger partial charge in [-0.1, -0.05) is 27.7 Å². The third kappa shape index (κ3) is 3.65. The molecule has 0 aliphatic heterocycles. The van der Waals surface area contributed by atoms with Gasteiger partial charge in [0, 0.05) is 6.54 Å². The molecule has 0 radical (unpaired) electrons. The zero-order valence-electron chi connectivity index (χ0n) is 11.3. The Kier molecular flexibility index (Phi) is 4.85. The van der Waals surface area contributed by atoms with E-state index >= 15 is 0 Å². The van der Waals surface area contributed by atoms with Crippen LogP contribution in [0.3, 0.4) is 0 Å². The molecular formula is C13H22FN3. The third-order valence-corrected chi connectivity index (χ3v) is 3.18. The van der Waals surface area contributed by atoms with Crippen LogP contribution in [0, 0.1) is 30.5 Å². The van der Waals surface area contributed by atoms with Crippen molar-refractivity contribution in [2.45, 2.75) is 34.6 Å². The second-order valence-electron chi connectivity index (χ2n) is 5.15. The first-order valence-corrected chi connectivity index (χ1v) is 6.14. The second-order valence-corrected chi connectivity index (χ2v) is 5.15. The minimum atomic E-state index is -0.348. The van der Waals surface area contributed by atoms with Crippen molar-refractivity contribution in [1.29, 1.82) is 0 Å². The molecule has 3 nitrogen and oxygen atoms in total. The molecule has 0 amide bonds. The van der Waals surface area contributed by atoms with Gasteiger partial charge >= 0.3 is 0 Å². The Morgan fingerprint density at radius 3 is 2.29 bits per heavy atom. The van der Waals surface area contributed by atoms with E-state index in [9.17, 15) is 4.39 Å². The number of nitrogens with one attached hydrogen (secondary N) is 1. The maximum atomic E-state index is 13.7. The van der Waals surface area contributed by atoms with Gasteiger partial charge in [-0.3, -0.25) is 0 Å². The van der Waals surface area contributed by atoms with E-state index in [0.717, 1.165) is 6.54 Å². The molecule has 4 heteroatoms. The van der Waals surface area contributed by atoms with Crippen molar-refractivity contribution in [2.75, 3.05) is 11.9 Å². The Bertz CT molecular complexity index is 356. The number of rotatable bonds is 5. The molecule has 0 aliphatic carbocycles. The van der Waals surface area contributed by atoms with E-state index in [1.807, 2.05) is 0 Å². The summed E-state index contributed by atoms with van der Waals surface area (Å²) in [5.41, 5.74) is 0.383. The molecule has 96 valence electrons. The number of halogens is 1. The first kappa shape index (κ1) is 13.9. The minimum Gasteiger partial charge on any atom is -0.367 e. The first-order valence-electron chi connectivity index (χ1n) is 6.14. The van der Waals surface area contributed by atoms with Gasteiger partial charge in [0.25, 0.3) is 0 Å². The predicted molar refractivity (Wildman–Crippen MR) is 68.4 cm³/mol. The van der Waals surface area contributed by atoms with Crippen molar-refractivity contribution >= 4 is 5.82 Å². The molecule has 1 rings (SSSR count). The molecular weight excluding hydrogens is 217 g/mol. The average Bonchev–Trinajstić information content (AvgIpc) is 2.23. The molecule has 0 saturated carbocycles. The van der Waals surface area contributed by atoms with Crippen molar-refractivity contribution < 1.29 is 4.39 Å². The van der Waals surface area contributed by atoms with Crippen LogP contribution in [-0.2, 0) is 0 Å². The van der Waals surface area contributed by atoms with Gasteiger partial charge in [0.05, 0.1) is 5.69 Å². The highest BCUT2D eigenvalue weighted by atomic mass is 19.1. The Morgan fingerprint density at radius 2 is 1.76 bits per heavy atom. The number of hydrogen-bond acceptors (Lipinski definition) is 3. The van der Waals surface area contributed by atoms with Gasteiger partial charge in [-0.25, -0.2) is 14.4 Å². The lowest BCUT2D eigenvalue weighted by atomic mass is 9.85. The maximum Gasteiger partial charge on any atom is 0.186 e. The molecule has 17 heavy (non-hydrogen) atoms. The highest BCUT2D eigenvalue weighted by Crippen LogP contribution is 2.21. The Labute approximate surface area is 103 Å². The van der Waals surface area contributed by atoms with Crippen molar-refractivity contribution in [1.82, 2.24) is 9.97 Å². The summed E-state index contributed by atoms with van der Waals surface area (Å²) in [6.07, 6.45) is 1.39. The normalized spacial score (nSPS) is 11.6. The zero-order chi connectivity index (χ0) is 13.0. The fraction of sp³-hybridized carbons (Fsp3) is 0.692. The topological polar surface area (TPSA) is 37.8 Å². The van der Waals surface area contributed by atoms with Gasteiger partial charge in [0.1, 0.15) is 6.33 Å². The fourth-order valence-corrected chi connectivity index (χ4v) is 2.04. The lowest BCUT2D eigenvalue weighted by Gasteiger charge is -2.25. The van der Waals surface area contributed by atoms with E-state index in [4.69, 9.17) is 0 Å². The SMILES string of the molecule is Cc1ncnc(NCC(C(C)C)C(C)C)c1F. The van der Waals surface area contributed by atoms with Gasteiger partial charge in [0.2, 0.25) is 0 Å². The number of anilines is 1. The van der Waals surface area contributed by atoms with E-state index in [2.05, 4.69) is 43.0 Å². The summed E-state index contributed by atoms with van der Waals surface area (Å²) in [6, 6.07) is 0. The lowest BCUT2D eigenvalue weighted by molar-refractivity contribution is 0.304. The summed E-state index contributed by atoms with van der Waals surface area (Å²) in [7, 11) is 0. The standard InChI is InChI=1S/C13H22FN3/c1-8(2)11(9(3)4)6-15-13-12(14)10(5)16-7-17-13/h7-9,11H,6H2,1-5H3,(H,15,16,17). The van der Waals surface area contributed by atoms with Gasteiger partial charge in [-0.2, -0.15) is 0 Å². The quantitative estimate of drug-likeness (QED) is 0.857. The fourth-order valence-electron chi connectivity index (χ4n) is 2.04. The van der Waals surface area contributed by atoms with Crippen molar-refractivity contribution in [3.63, 3.8) is 0 Å². The Hall–Kier alpha value is -1.19. The molecule has 0 bridgehead atoms. The predicted octanol–water partition coefficient (Wildman–Crippen LogP) is 3.26. The number of nitrogens with zero attached hydrogens (tertiary/aromatic N) is 2. The van der Waals surface area contributed by atoms with Crippen LogP contribution in [0.1, 0.15) is 33.4 Å². The third-order valence-electron chi connectivity index (χ3n) is 3.18. The summed E-state index contributed by atoms with van der Waals surface area (Å²) in [4.78, 5) is 7.74. The molecule has 0 aromatic carbocycles. The number of aromatic nitrogens is 2. The Balaban J connectivity index is 2.69. The molecule has 0 spiro atoms. The summed E-state index contributed by atoms with van der Waals surface area (Å²) < 4.78 is 13.7. The van der Waals surface area contributed by atoms with Gasteiger partial charge in [-0.15, -0.1) is 0 Å². The minimum absolute atomic E-state index is 0.309. The Morgan fingerprint density at radius 1 is 1.18 bits per heavy atom. The molecule has 0 fully saturated rings. The molecule has 0 atom stereocenters. The number of aryl methyl sites for hydroxylation is 1. The van der Waals surface area contributed by atoms with Gasteiger partial charge in [0.15, 0.2) is 11.6 Å². The highest BCUT2D eigenvalue weighted by molar-refractivity contribution is 5.36. The van der Waals surface area contributed by atoms with Crippen molar-refractivity contribution in [2.24, 2.45) is 17.8 Å². The van der Waals surface area contributed by atoms with Crippen LogP contribution in [0.4, 0.5) is 10.2 Å². The van der Waals surface area contributed by atoms with Gasteiger partial charge in [-0.05, 0) is 24.7 Å². The van der Waals surface area contributed by atoms with Crippen LogP contribution < -0.4 is 5.32 Å². The summed E-state index contributed by atoms with van der Waals surface area (Å²) in [6.45, 7) is 11.1. The monoisotopic (exact) mass is 239 g/mol. The summed E-state index contributed by atoms with van der Waals surface area (Å²) in [5, 5.41) is 3.09. The molecule has 0 unspecified atom stereocenters. The second kappa shape index (κ2) is 5.94. The van der Waals surface area contributed by atoms with Crippen LogP contribution in [0.25, 0.3) is 0 Å². The summed E-state index contributed by atoms with van der Waals surface area (Å²) >= 11 is 0. The lowest BCUT2D eigenvalue weighted by Crippen LogP contribution is -2.25. The van der Waals surface area contributed by atoms with E-state index in [1.165, 1.54) is 6.33 Å². The van der Waals surface area contributed by atoms with Crippen LogP contribution in [0.2, 0.25) is 0 Å². The van der Waals surface area contributed by atoms with Crippen molar-refractivity contribution in [3.8, 4) is 0 Å². The van der Waals surface area contributed by atoms with Crippen LogP contribution >= 0.6 is 0 Å². The molecule has 1 aromatic heterocycles.